The van der Waals surface area contributed by atoms with E-state index >= 15 is 0 Å². The summed E-state index contributed by atoms with van der Waals surface area (Å²) in [6.07, 6.45) is 2.98. The molecule has 1 aliphatic heterocycles. The monoisotopic (exact) mass is 322 g/mol. The van der Waals surface area contributed by atoms with Crippen LogP contribution in [-0.2, 0) is 17.8 Å². The van der Waals surface area contributed by atoms with Crippen LogP contribution in [0.2, 0.25) is 0 Å². The molecule has 1 saturated heterocycles. The fourth-order valence-corrected chi connectivity index (χ4v) is 3.27. The largest absolute Gasteiger partial charge is 0.371 e. The van der Waals surface area contributed by atoms with Gasteiger partial charge in [-0.2, -0.15) is 0 Å². The molecular formula is C21H26N2O. The smallest absolute Gasteiger partial charge is 0.227 e. The summed E-state index contributed by atoms with van der Waals surface area (Å²) in [7, 11) is 1.90. The van der Waals surface area contributed by atoms with Gasteiger partial charge < -0.3 is 9.80 Å². The zero-order valence-corrected chi connectivity index (χ0v) is 14.7. The molecule has 2 aromatic carbocycles. The number of para-hydroxylation sites is 1. The maximum atomic E-state index is 12.5. The molecule has 0 aromatic heterocycles. The van der Waals surface area contributed by atoms with Crippen molar-refractivity contribution in [2.75, 3.05) is 25.0 Å². The number of anilines is 1. The number of carbonyl (C=O) groups is 1. The molecule has 0 N–H and O–H groups in total. The number of aryl methyl sites for hydroxylation is 1. The molecule has 1 aliphatic rings. The van der Waals surface area contributed by atoms with Crippen molar-refractivity contribution < 1.29 is 4.79 Å². The number of amides is 1. The third kappa shape index (κ3) is 3.97. The summed E-state index contributed by atoms with van der Waals surface area (Å²) in [5, 5.41) is 0. The second-order valence-electron chi connectivity index (χ2n) is 6.74. The lowest BCUT2D eigenvalue weighted by Gasteiger charge is -2.24. The highest BCUT2D eigenvalue weighted by molar-refractivity contribution is 5.78. The fraction of sp³-hybridized carbons (Fsp3) is 0.381. The number of carbonyl (C=O) groups excluding carboxylic acids is 1. The van der Waals surface area contributed by atoms with E-state index in [0.29, 0.717) is 13.0 Å². The molecule has 24 heavy (non-hydrogen) atoms. The van der Waals surface area contributed by atoms with Crippen LogP contribution in [-0.4, -0.2) is 30.9 Å². The Morgan fingerprint density at radius 3 is 2.42 bits per heavy atom. The van der Waals surface area contributed by atoms with Crippen LogP contribution in [0.15, 0.2) is 48.5 Å². The Hall–Kier alpha value is -2.29. The van der Waals surface area contributed by atoms with E-state index in [1.54, 1.807) is 0 Å². The number of hydrogen-bond donors (Lipinski definition) is 0. The van der Waals surface area contributed by atoms with Gasteiger partial charge in [0.05, 0.1) is 6.42 Å². The Morgan fingerprint density at radius 2 is 1.71 bits per heavy atom. The zero-order chi connectivity index (χ0) is 16.9. The molecule has 0 atom stereocenters. The van der Waals surface area contributed by atoms with Crippen LogP contribution in [0.25, 0.3) is 0 Å². The Labute approximate surface area is 144 Å². The predicted molar refractivity (Wildman–Crippen MR) is 99.2 cm³/mol. The first-order valence-electron chi connectivity index (χ1n) is 8.76. The fourth-order valence-electron chi connectivity index (χ4n) is 3.27. The van der Waals surface area contributed by atoms with E-state index in [4.69, 9.17) is 0 Å². The topological polar surface area (TPSA) is 23.6 Å². The van der Waals surface area contributed by atoms with Gasteiger partial charge in [0.2, 0.25) is 5.91 Å². The van der Waals surface area contributed by atoms with Crippen molar-refractivity contribution in [2.24, 2.45) is 0 Å². The Kier molecular flexibility index (Phi) is 5.19. The van der Waals surface area contributed by atoms with Crippen molar-refractivity contribution in [1.29, 1.82) is 0 Å². The van der Waals surface area contributed by atoms with Gasteiger partial charge in [-0.1, -0.05) is 48.0 Å². The molecule has 0 bridgehead atoms. The van der Waals surface area contributed by atoms with Crippen molar-refractivity contribution in [1.82, 2.24) is 4.90 Å². The molecule has 3 nitrogen and oxygen atoms in total. The number of likely N-dealkylation sites (N-methyl/N-ethyl adjacent to an activating group) is 1. The van der Waals surface area contributed by atoms with Gasteiger partial charge in [0.15, 0.2) is 0 Å². The van der Waals surface area contributed by atoms with Gasteiger partial charge in [-0.05, 0) is 37.0 Å². The molecule has 0 aliphatic carbocycles. The van der Waals surface area contributed by atoms with Crippen LogP contribution in [0.4, 0.5) is 5.69 Å². The number of hydrogen-bond acceptors (Lipinski definition) is 2. The predicted octanol–water partition coefficient (Wildman–Crippen LogP) is 3.80. The summed E-state index contributed by atoms with van der Waals surface area (Å²) < 4.78 is 0. The van der Waals surface area contributed by atoms with Crippen LogP contribution in [0, 0.1) is 6.92 Å². The quantitative estimate of drug-likeness (QED) is 0.836. The summed E-state index contributed by atoms with van der Waals surface area (Å²) in [4.78, 5) is 16.8. The first-order valence-corrected chi connectivity index (χ1v) is 8.76. The standard InChI is InChI=1S/C21H26N2O/c1-17-9-11-18(12-10-17)15-21(24)22(2)16-19-7-3-4-8-20(19)23-13-5-6-14-23/h3-4,7-12H,5-6,13-16H2,1-2H3. The third-order valence-electron chi connectivity index (χ3n) is 4.75. The SMILES string of the molecule is Cc1ccc(CC(=O)N(C)Cc2ccccc2N2CCCC2)cc1. The van der Waals surface area contributed by atoms with Crippen LogP contribution < -0.4 is 4.90 Å². The molecular weight excluding hydrogens is 296 g/mol. The highest BCUT2D eigenvalue weighted by Crippen LogP contribution is 2.25. The molecule has 3 rings (SSSR count). The summed E-state index contributed by atoms with van der Waals surface area (Å²) in [6.45, 7) is 4.97. The van der Waals surface area contributed by atoms with Gasteiger partial charge >= 0.3 is 0 Å². The van der Waals surface area contributed by atoms with E-state index in [1.165, 1.54) is 29.7 Å². The lowest BCUT2D eigenvalue weighted by atomic mass is 10.1. The highest BCUT2D eigenvalue weighted by atomic mass is 16.2. The van der Waals surface area contributed by atoms with E-state index in [2.05, 4.69) is 48.2 Å². The van der Waals surface area contributed by atoms with Gasteiger partial charge in [0.25, 0.3) is 0 Å². The second kappa shape index (κ2) is 7.52. The summed E-state index contributed by atoms with van der Waals surface area (Å²) in [5.41, 5.74) is 4.81. The minimum absolute atomic E-state index is 0.162. The van der Waals surface area contributed by atoms with Gasteiger partial charge in [-0.25, -0.2) is 0 Å². The van der Waals surface area contributed by atoms with Gasteiger partial charge in [-0.15, -0.1) is 0 Å². The van der Waals surface area contributed by atoms with E-state index < -0.39 is 0 Å². The van der Waals surface area contributed by atoms with E-state index in [9.17, 15) is 4.79 Å². The lowest BCUT2D eigenvalue weighted by molar-refractivity contribution is -0.129. The second-order valence-corrected chi connectivity index (χ2v) is 6.74. The Morgan fingerprint density at radius 1 is 1.04 bits per heavy atom. The van der Waals surface area contributed by atoms with Gasteiger partial charge in [0.1, 0.15) is 0 Å². The van der Waals surface area contributed by atoms with Crippen molar-refractivity contribution in [3.63, 3.8) is 0 Å². The van der Waals surface area contributed by atoms with Crippen LogP contribution in [0.1, 0.15) is 29.5 Å². The molecule has 1 heterocycles. The molecule has 1 fully saturated rings. The Bertz CT molecular complexity index is 687. The molecule has 0 radical (unpaired) electrons. The lowest BCUT2D eigenvalue weighted by Crippen LogP contribution is -2.29. The zero-order valence-electron chi connectivity index (χ0n) is 14.7. The number of rotatable bonds is 5. The minimum atomic E-state index is 0.162. The summed E-state index contributed by atoms with van der Waals surface area (Å²) in [5.74, 6) is 0.162. The van der Waals surface area contributed by atoms with E-state index in [0.717, 1.165) is 18.7 Å². The molecule has 1 amide bonds. The number of nitrogens with zero attached hydrogens (tertiary/aromatic N) is 2. The van der Waals surface area contributed by atoms with Crippen molar-refractivity contribution in [2.45, 2.75) is 32.7 Å². The average Bonchev–Trinajstić information content (AvgIpc) is 3.11. The molecule has 0 spiro atoms. The summed E-state index contributed by atoms with van der Waals surface area (Å²) in [6, 6.07) is 16.7. The Balaban J connectivity index is 1.66. The van der Waals surface area contributed by atoms with Gasteiger partial charge in [0, 0.05) is 32.4 Å². The normalized spacial score (nSPS) is 14.0. The van der Waals surface area contributed by atoms with Gasteiger partial charge in [-0.3, -0.25) is 4.79 Å². The van der Waals surface area contributed by atoms with E-state index in [1.807, 2.05) is 24.1 Å². The molecule has 0 unspecified atom stereocenters. The third-order valence-corrected chi connectivity index (χ3v) is 4.75. The first kappa shape index (κ1) is 16.6. The van der Waals surface area contributed by atoms with Crippen molar-refractivity contribution in [3.8, 4) is 0 Å². The van der Waals surface area contributed by atoms with E-state index in [-0.39, 0.29) is 5.91 Å². The molecule has 2 aromatic rings. The first-order chi connectivity index (χ1) is 11.6. The van der Waals surface area contributed by atoms with Crippen LogP contribution in [0.5, 0.6) is 0 Å². The molecule has 126 valence electrons. The average molecular weight is 322 g/mol. The maximum Gasteiger partial charge on any atom is 0.227 e. The van der Waals surface area contributed by atoms with Crippen molar-refractivity contribution >= 4 is 11.6 Å². The molecule has 0 saturated carbocycles. The van der Waals surface area contributed by atoms with Crippen LogP contribution in [0.3, 0.4) is 0 Å². The number of benzene rings is 2. The highest BCUT2D eigenvalue weighted by Gasteiger charge is 2.17. The van der Waals surface area contributed by atoms with Crippen molar-refractivity contribution in [3.05, 3.63) is 65.2 Å². The summed E-state index contributed by atoms with van der Waals surface area (Å²) >= 11 is 0. The van der Waals surface area contributed by atoms with Crippen LogP contribution >= 0.6 is 0 Å². The maximum absolute atomic E-state index is 12.5. The molecule has 3 heteroatoms. The minimum Gasteiger partial charge on any atom is -0.371 e.